The first-order chi connectivity index (χ1) is 12.6. The molecule has 1 aliphatic heterocycles. The van der Waals surface area contributed by atoms with Gasteiger partial charge in [-0.2, -0.15) is 0 Å². The van der Waals surface area contributed by atoms with E-state index in [9.17, 15) is 4.79 Å². The van der Waals surface area contributed by atoms with Crippen molar-refractivity contribution in [1.29, 1.82) is 0 Å². The third-order valence-corrected chi connectivity index (χ3v) is 4.35. The molecule has 3 rings (SSSR count). The van der Waals surface area contributed by atoms with E-state index in [0.717, 1.165) is 26.1 Å². The summed E-state index contributed by atoms with van der Waals surface area (Å²) in [6, 6.07) is 17.9. The zero-order valence-corrected chi connectivity index (χ0v) is 15.4. The van der Waals surface area contributed by atoms with E-state index >= 15 is 0 Å². The predicted octanol–water partition coefficient (Wildman–Crippen LogP) is 3.87. The van der Waals surface area contributed by atoms with Gasteiger partial charge in [-0.25, -0.2) is 4.79 Å². The molecule has 5 heteroatoms. The number of carbonyl (C=O) groups is 1. The Balaban J connectivity index is 1.50. The minimum atomic E-state index is -0.184. The largest absolute Gasteiger partial charge is 0.489 e. The maximum absolute atomic E-state index is 12.4. The first-order valence-corrected chi connectivity index (χ1v) is 9.19. The molecule has 2 amide bonds. The van der Waals surface area contributed by atoms with Crippen LogP contribution in [-0.4, -0.2) is 36.2 Å². The van der Waals surface area contributed by atoms with Crippen LogP contribution in [0.1, 0.15) is 25.8 Å². The van der Waals surface area contributed by atoms with E-state index in [4.69, 9.17) is 4.74 Å². The zero-order valence-electron chi connectivity index (χ0n) is 15.4. The van der Waals surface area contributed by atoms with Gasteiger partial charge in [-0.1, -0.05) is 42.5 Å². The highest BCUT2D eigenvalue weighted by atomic mass is 16.5. The monoisotopic (exact) mass is 353 g/mol. The predicted molar refractivity (Wildman–Crippen MR) is 104 cm³/mol. The molecule has 0 bridgehead atoms. The molecular formula is C21H27N3O2. The normalized spacial score (nSPS) is 17.3. The van der Waals surface area contributed by atoms with Crippen LogP contribution in [0.15, 0.2) is 54.6 Å². The quantitative estimate of drug-likeness (QED) is 0.829. The molecular weight excluding hydrogens is 326 g/mol. The Hall–Kier alpha value is -2.53. The van der Waals surface area contributed by atoms with Crippen LogP contribution in [0.25, 0.3) is 0 Å². The highest BCUT2D eigenvalue weighted by Gasteiger charge is 2.24. The Morgan fingerprint density at radius 1 is 1.15 bits per heavy atom. The van der Waals surface area contributed by atoms with Gasteiger partial charge in [0, 0.05) is 25.7 Å². The van der Waals surface area contributed by atoms with E-state index in [1.807, 2.05) is 44.2 Å². The number of para-hydroxylation sites is 2. The van der Waals surface area contributed by atoms with E-state index in [1.54, 1.807) is 0 Å². The molecule has 2 aromatic carbocycles. The van der Waals surface area contributed by atoms with E-state index in [2.05, 4.69) is 39.8 Å². The summed E-state index contributed by atoms with van der Waals surface area (Å²) in [5, 5.41) is 5.99. The highest BCUT2D eigenvalue weighted by molar-refractivity contribution is 5.91. The molecule has 2 N–H and O–H groups in total. The molecule has 2 aromatic rings. The summed E-state index contributed by atoms with van der Waals surface area (Å²) in [6.07, 6.45) is 1.02. The van der Waals surface area contributed by atoms with Crippen molar-refractivity contribution in [3.63, 3.8) is 0 Å². The van der Waals surface area contributed by atoms with Crippen LogP contribution in [0.2, 0.25) is 0 Å². The van der Waals surface area contributed by atoms with Crippen LogP contribution in [0.5, 0.6) is 5.75 Å². The number of amides is 2. The Morgan fingerprint density at radius 2 is 1.88 bits per heavy atom. The molecule has 0 aliphatic carbocycles. The molecule has 5 nitrogen and oxygen atoms in total. The summed E-state index contributed by atoms with van der Waals surface area (Å²) in [6.45, 7) is 6.72. The van der Waals surface area contributed by atoms with Crippen LogP contribution in [-0.2, 0) is 6.54 Å². The molecule has 1 heterocycles. The van der Waals surface area contributed by atoms with Crippen molar-refractivity contribution in [3.05, 3.63) is 60.2 Å². The Morgan fingerprint density at radius 3 is 2.65 bits per heavy atom. The van der Waals surface area contributed by atoms with Gasteiger partial charge in [-0.3, -0.25) is 4.90 Å². The third-order valence-electron chi connectivity index (χ3n) is 4.35. The number of nitrogens with one attached hydrogen (secondary N) is 2. The number of hydrogen-bond donors (Lipinski definition) is 2. The first-order valence-electron chi connectivity index (χ1n) is 9.19. The summed E-state index contributed by atoms with van der Waals surface area (Å²) in [4.78, 5) is 14.7. The summed E-state index contributed by atoms with van der Waals surface area (Å²) in [7, 11) is 0. The molecule has 138 valence electrons. The minimum Gasteiger partial charge on any atom is -0.489 e. The van der Waals surface area contributed by atoms with Crippen molar-refractivity contribution >= 4 is 11.7 Å². The van der Waals surface area contributed by atoms with Gasteiger partial charge in [0.2, 0.25) is 0 Å². The number of anilines is 1. The number of likely N-dealkylation sites (tertiary alicyclic amines) is 1. The summed E-state index contributed by atoms with van der Waals surface area (Å²) in [5.41, 5.74) is 2.00. The fourth-order valence-corrected chi connectivity index (χ4v) is 3.21. The Kier molecular flexibility index (Phi) is 6.12. The van der Waals surface area contributed by atoms with Gasteiger partial charge >= 0.3 is 6.03 Å². The molecule has 0 aromatic heterocycles. The van der Waals surface area contributed by atoms with Crippen molar-refractivity contribution < 1.29 is 9.53 Å². The molecule has 26 heavy (non-hydrogen) atoms. The van der Waals surface area contributed by atoms with E-state index in [-0.39, 0.29) is 18.2 Å². The second kappa shape index (κ2) is 8.72. The average molecular weight is 353 g/mol. The summed E-state index contributed by atoms with van der Waals surface area (Å²) in [5.74, 6) is 0.690. The van der Waals surface area contributed by atoms with E-state index in [0.29, 0.717) is 11.4 Å². The van der Waals surface area contributed by atoms with Gasteiger partial charge in [0.15, 0.2) is 0 Å². The molecule has 0 saturated carbocycles. The lowest BCUT2D eigenvalue weighted by molar-refractivity contribution is 0.240. The zero-order chi connectivity index (χ0) is 18.4. The van der Waals surface area contributed by atoms with Crippen molar-refractivity contribution in [2.75, 3.05) is 18.4 Å². The second-order valence-corrected chi connectivity index (χ2v) is 6.97. The molecule has 1 saturated heterocycles. The summed E-state index contributed by atoms with van der Waals surface area (Å²) >= 11 is 0. The van der Waals surface area contributed by atoms with Crippen molar-refractivity contribution in [2.24, 2.45) is 0 Å². The number of benzene rings is 2. The van der Waals surface area contributed by atoms with Gasteiger partial charge in [0.25, 0.3) is 0 Å². The number of hydrogen-bond acceptors (Lipinski definition) is 3. The Labute approximate surface area is 155 Å². The first kappa shape index (κ1) is 18.3. The molecule has 1 unspecified atom stereocenters. The molecule has 0 spiro atoms. The third kappa shape index (κ3) is 5.23. The van der Waals surface area contributed by atoms with Gasteiger partial charge in [0.1, 0.15) is 5.75 Å². The lowest BCUT2D eigenvalue weighted by Gasteiger charge is -2.18. The molecule has 1 atom stereocenters. The van der Waals surface area contributed by atoms with Crippen molar-refractivity contribution in [2.45, 2.75) is 39.0 Å². The highest BCUT2D eigenvalue weighted by Crippen LogP contribution is 2.24. The molecule has 1 fully saturated rings. The smallest absolute Gasteiger partial charge is 0.319 e. The number of carbonyl (C=O) groups excluding carboxylic acids is 1. The Bertz CT molecular complexity index is 718. The van der Waals surface area contributed by atoms with Crippen molar-refractivity contribution in [3.8, 4) is 5.75 Å². The molecule has 0 radical (unpaired) electrons. The van der Waals surface area contributed by atoms with Crippen LogP contribution >= 0.6 is 0 Å². The minimum absolute atomic E-state index is 0.0578. The van der Waals surface area contributed by atoms with Crippen LogP contribution in [0.3, 0.4) is 0 Å². The van der Waals surface area contributed by atoms with E-state index < -0.39 is 0 Å². The number of rotatable bonds is 6. The second-order valence-electron chi connectivity index (χ2n) is 6.97. The number of nitrogens with zero attached hydrogens (tertiary/aromatic N) is 1. The van der Waals surface area contributed by atoms with E-state index in [1.165, 1.54) is 5.56 Å². The van der Waals surface area contributed by atoms with Crippen LogP contribution in [0.4, 0.5) is 10.5 Å². The number of urea groups is 1. The fourth-order valence-electron chi connectivity index (χ4n) is 3.21. The van der Waals surface area contributed by atoms with Crippen LogP contribution < -0.4 is 15.4 Å². The SMILES string of the molecule is CC(C)Oc1ccccc1NC(=O)NC1CCN(Cc2ccccc2)C1. The maximum Gasteiger partial charge on any atom is 0.319 e. The lowest BCUT2D eigenvalue weighted by Crippen LogP contribution is -2.39. The lowest BCUT2D eigenvalue weighted by atomic mass is 10.2. The standard InChI is InChI=1S/C21H27N3O2/c1-16(2)26-20-11-7-6-10-19(20)23-21(25)22-18-12-13-24(15-18)14-17-8-4-3-5-9-17/h3-11,16,18H,12-15H2,1-2H3,(H2,22,23,25). The van der Waals surface area contributed by atoms with Crippen molar-refractivity contribution in [1.82, 2.24) is 10.2 Å². The average Bonchev–Trinajstić information content (AvgIpc) is 3.04. The van der Waals surface area contributed by atoms with Gasteiger partial charge < -0.3 is 15.4 Å². The maximum atomic E-state index is 12.4. The summed E-state index contributed by atoms with van der Waals surface area (Å²) < 4.78 is 5.75. The number of ether oxygens (including phenoxy) is 1. The van der Waals surface area contributed by atoms with Crippen LogP contribution in [0, 0.1) is 0 Å². The van der Waals surface area contributed by atoms with Gasteiger partial charge in [-0.05, 0) is 38.0 Å². The van der Waals surface area contributed by atoms with Gasteiger partial charge in [-0.15, -0.1) is 0 Å². The topological polar surface area (TPSA) is 53.6 Å². The molecule has 1 aliphatic rings. The van der Waals surface area contributed by atoms with Gasteiger partial charge in [0.05, 0.1) is 11.8 Å². The fraction of sp³-hybridized carbons (Fsp3) is 0.381.